The molecule has 3 nitrogen and oxygen atoms in total. The van der Waals surface area contributed by atoms with Gasteiger partial charge in [0.15, 0.2) is 5.78 Å². The van der Waals surface area contributed by atoms with Crippen LogP contribution in [0.2, 0.25) is 0 Å². The molecule has 0 amide bonds. The topological polar surface area (TPSA) is 43.4 Å². The Morgan fingerprint density at radius 2 is 2.00 bits per heavy atom. The summed E-state index contributed by atoms with van der Waals surface area (Å²) in [5.41, 5.74) is -0.689. The molecule has 2 aliphatic carbocycles. The quantitative estimate of drug-likeness (QED) is 0.707. The molecule has 0 aromatic carbocycles. The molecule has 2 unspecified atom stereocenters. The van der Waals surface area contributed by atoms with E-state index in [2.05, 4.69) is 0 Å². The van der Waals surface area contributed by atoms with Crippen LogP contribution in [0, 0.1) is 11.8 Å². The lowest BCUT2D eigenvalue weighted by Gasteiger charge is -2.19. The Balaban J connectivity index is 2.54. The fraction of sp³-hybridized carbons (Fsp3) is 0.667. The van der Waals surface area contributed by atoms with Crippen LogP contribution in [0.15, 0.2) is 22.8 Å². The van der Waals surface area contributed by atoms with Gasteiger partial charge in [-0.05, 0) is 56.6 Å². The zero-order valence-electron chi connectivity index (χ0n) is 14.0. The lowest BCUT2D eigenvalue weighted by atomic mass is 9.87. The van der Waals surface area contributed by atoms with E-state index in [-0.39, 0.29) is 25.0 Å². The fourth-order valence-corrected chi connectivity index (χ4v) is 3.63. The minimum Gasteiger partial charge on any atom is -0.466 e. The molecule has 2 rings (SSSR count). The number of carbonyl (C=O) groups excluding carboxylic acids is 2. The first-order chi connectivity index (χ1) is 11.3. The van der Waals surface area contributed by atoms with Crippen molar-refractivity contribution in [1.82, 2.24) is 0 Å². The van der Waals surface area contributed by atoms with E-state index in [1.54, 1.807) is 19.9 Å². The minimum atomic E-state index is -4.70. The molecule has 2 atom stereocenters. The second-order valence-electron chi connectivity index (χ2n) is 6.25. The molecule has 0 N–H and O–H groups in total. The molecular formula is C18H23F3O3. The van der Waals surface area contributed by atoms with E-state index < -0.39 is 35.3 Å². The van der Waals surface area contributed by atoms with Gasteiger partial charge >= 0.3 is 12.1 Å². The summed E-state index contributed by atoms with van der Waals surface area (Å²) in [4.78, 5) is 24.6. The summed E-state index contributed by atoms with van der Waals surface area (Å²) in [6, 6.07) is 0. The van der Waals surface area contributed by atoms with Gasteiger partial charge in [0.25, 0.3) is 0 Å². The number of hydrogen-bond donors (Lipinski definition) is 0. The van der Waals surface area contributed by atoms with E-state index in [4.69, 9.17) is 4.74 Å². The number of alkyl halides is 3. The molecule has 0 aliphatic heterocycles. The number of allylic oxidation sites excluding steroid dienone is 3. The predicted octanol–water partition coefficient (Wildman–Crippen LogP) is 4.52. The third kappa shape index (κ3) is 3.73. The Morgan fingerprint density at radius 3 is 2.58 bits per heavy atom. The van der Waals surface area contributed by atoms with Gasteiger partial charge in [0, 0.05) is 5.92 Å². The van der Waals surface area contributed by atoms with Crippen molar-refractivity contribution in [2.24, 2.45) is 11.8 Å². The number of ether oxygens (including phenoxy) is 1. The van der Waals surface area contributed by atoms with Crippen molar-refractivity contribution in [3.05, 3.63) is 22.8 Å². The summed E-state index contributed by atoms with van der Waals surface area (Å²) < 4.78 is 45.9. The molecule has 0 saturated heterocycles. The van der Waals surface area contributed by atoms with Gasteiger partial charge in [-0.15, -0.1) is 0 Å². The van der Waals surface area contributed by atoms with Crippen molar-refractivity contribution < 1.29 is 27.5 Å². The maximum atomic E-state index is 13.6. The van der Waals surface area contributed by atoms with Crippen LogP contribution in [-0.4, -0.2) is 24.5 Å². The van der Waals surface area contributed by atoms with Crippen LogP contribution in [0.4, 0.5) is 13.2 Å². The molecule has 0 aromatic rings. The third-order valence-corrected chi connectivity index (χ3v) is 4.79. The van der Waals surface area contributed by atoms with E-state index in [9.17, 15) is 22.8 Å². The SMILES string of the molecule is CCOC(=O)C1CCC2=C(\C(F)(F)F)C(=O)C(CC)CCC\C=C\21. The standard InChI is InChI=1S/C18H23F3O3/c1-3-11-7-5-6-8-12-13(15(16(11)22)18(19,20)21)9-10-14(12)17(23)24-4-2/h8,11,14H,3-7,9-10H2,1-2H3/b12-8-,15-13+. The third-order valence-electron chi connectivity index (χ3n) is 4.79. The largest absolute Gasteiger partial charge is 0.466 e. The van der Waals surface area contributed by atoms with Crippen LogP contribution in [0.5, 0.6) is 0 Å². The second-order valence-corrected chi connectivity index (χ2v) is 6.25. The molecule has 0 bridgehead atoms. The van der Waals surface area contributed by atoms with Crippen LogP contribution < -0.4 is 0 Å². The summed E-state index contributed by atoms with van der Waals surface area (Å²) in [6.45, 7) is 3.59. The van der Waals surface area contributed by atoms with Crippen LogP contribution in [0.3, 0.4) is 0 Å². The number of halogens is 3. The Morgan fingerprint density at radius 1 is 1.29 bits per heavy atom. The van der Waals surface area contributed by atoms with E-state index in [0.717, 1.165) is 0 Å². The van der Waals surface area contributed by atoms with Crippen molar-refractivity contribution in [3.63, 3.8) is 0 Å². The first kappa shape index (κ1) is 18.7. The Bertz CT molecular complexity index is 573. The van der Waals surface area contributed by atoms with Gasteiger partial charge in [0.1, 0.15) is 5.57 Å². The Hall–Kier alpha value is -1.59. The lowest BCUT2D eigenvalue weighted by molar-refractivity contribution is -0.146. The summed E-state index contributed by atoms with van der Waals surface area (Å²) in [5, 5.41) is 0. The smallest absolute Gasteiger partial charge is 0.420 e. The Kier molecular flexibility index (Phi) is 5.88. The second kappa shape index (κ2) is 7.53. The number of Topliss-reactive ketones (excluding diaryl/α,β-unsaturated/α-hetero) is 1. The molecule has 1 fully saturated rings. The number of ketones is 1. The van der Waals surface area contributed by atoms with Gasteiger partial charge in [-0.3, -0.25) is 9.59 Å². The number of esters is 1. The van der Waals surface area contributed by atoms with Crippen LogP contribution in [0.25, 0.3) is 0 Å². The summed E-state index contributed by atoms with van der Waals surface area (Å²) in [7, 11) is 0. The van der Waals surface area contributed by atoms with Crippen LogP contribution in [0.1, 0.15) is 52.4 Å². The molecule has 6 heteroatoms. The number of rotatable bonds is 3. The summed E-state index contributed by atoms with van der Waals surface area (Å²) in [5.74, 6) is -2.62. The molecule has 2 aliphatic rings. The molecular weight excluding hydrogens is 321 g/mol. The lowest BCUT2D eigenvalue weighted by Crippen LogP contribution is -2.28. The normalized spacial score (nSPS) is 30.7. The fourth-order valence-electron chi connectivity index (χ4n) is 3.63. The first-order valence-corrected chi connectivity index (χ1v) is 8.52. The summed E-state index contributed by atoms with van der Waals surface area (Å²) >= 11 is 0. The molecule has 134 valence electrons. The van der Waals surface area contributed by atoms with E-state index in [1.165, 1.54) is 0 Å². The minimum absolute atomic E-state index is 0.00547. The molecule has 0 heterocycles. The van der Waals surface area contributed by atoms with Gasteiger partial charge in [0.2, 0.25) is 0 Å². The van der Waals surface area contributed by atoms with Crippen LogP contribution in [-0.2, 0) is 14.3 Å². The van der Waals surface area contributed by atoms with Crippen molar-refractivity contribution in [2.45, 2.75) is 58.5 Å². The summed E-state index contributed by atoms with van der Waals surface area (Å²) in [6.07, 6.45) is -0.590. The molecule has 0 radical (unpaired) electrons. The highest BCUT2D eigenvalue weighted by Gasteiger charge is 2.46. The van der Waals surface area contributed by atoms with Gasteiger partial charge in [-0.25, -0.2) is 0 Å². The van der Waals surface area contributed by atoms with Gasteiger partial charge in [0.05, 0.1) is 12.5 Å². The monoisotopic (exact) mass is 344 g/mol. The molecule has 0 spiro atoms. The van der Waals surface area contributed by atoms with Gasteiger partial charge in [-0.2, -0.15) is 13.2 Å². The predicted molar refractivity (Wildman–Crippen MR) is 83.2 cm³/mol. The molecule has 24 heavy (non-hydrogen) atoms. The highest BCUT2D eigenvalue weighted by Crippen LogP contribution is 2.45. The molecule has 1 saturated carbocycles. The van der Waals surface area contributed by atoms with Crippen molar-refractivity contribution >= 4 is 11.8 Å². The first-order valence-electron chi connectivity index (χ1n) is 8.52. The van der Waals surface area contributed by atoms with Gasteiger partial charge in [-0.1, -0.05) is 13.0 Å². The van der Waals surface area contributed by atoms with Gasteiger partial charge < -0.3 is 4.74 Å². The van der Waals surface area contributed by atoms with Crippen molar-refractivity contribution in [2.75, 3.05) is 6.61 Å². The highest BCUT2D eigenvalue weighted by molar-refractivity contribution is 6.00. The average Bonchev–Trinajstić information content (AvgIpc) is 2.90. The van der Waals surface area contributed by atoms with E-state index >= 15 is 0 Å². The Labute approximate surface area is 139 Å². The van der Waals surface area contributed by atoms with Crippen molar-refractivity contribution in [3.8, 4) is 0 Å². The van der Waals surface area contributed by atoms with Crippen molar-refractivity contribution in [1.29, 1.82) is 0 Å². The number of fused-ring (bicyclic) bond motifs is 1. The number of carbonyl (C=O) groups is 2. The van der Waals surface area contributed by atoms with Crippen LogP contribution >= 0.6 is 0 Å². The van der Waals surface area contributed by atoms with E-state index in [0.29, 0.717) is 31.3 Å². The maximum absolute atomic E-state index is 13.6. The van der Waals surface area contributed by atoms with E-state index in [1.807, 2.05) is 0 Å². The average molecular weight is 344 g/mol. The zero-order valence-corrected chi connectivity index (χ0v) is 14.0. The maximum Gasteiger partial charge on any atom is 0.420 e. The molecule has 0 aromatic heterocycles. The number of hydrogen-bond acceptors (Lipinski definition) is 3. The highest BCUT2D eigenvalue weighted by atomic mass is 19.4. The zero-order chi connectivity index (χ0) is 17.9.